The number of nitrogens with zero attached hydrogens (tertiary/aromatic N) is 3. The number of alkyl halides is 3. The molecule has 1 aromatic heterocycles. The molecule has 0 saturated heterocycles. The summed E-state index contributed by atoms with van der Waals surface area (Å²) in [5.41, 5.74) is -3.11. The minimum Gasteiger partial charge on any atom is -0.741 e. The van der Waals surface area contributed by atoms with Crippen molar-refractivity contribution < 1.29 is 53.0 Å². The van der Waals surface area contributed by atoms with Crippen LogP contribution in [0.2, 0.25) is 0 Å². The molecule has 0 aliphatic heterocycles. The van der Waals surface area contributed by atoms with Crippen LogP contribution in [-0.2, 0) is 54.2 Å². The number of rotatable bonds is 9. The summed E-state index contributed by atoms with van der Waals surface area (Å²) < 4.78 is 96.1. The number of carbonyl (C=O) groups is 1. The predicted molar refractivity (Wildman–Crippen MR) is 138 cm³/mol. The number of ketones is 1. The molecule has 11 nitrogen and oxygen atoms in total. The first-order valence-corrected chi connectivity index (χ1v) is 14.8. The quantitative estimate of drug-likeness (QED) is 0.0911. The zero-order valence-corrected chi connectivity index (χ0v) is 23.2. The van der Waals surface area contributed by atoms with E-state index in [0.717, 1.165) is 33.8 Å². The number of Topliss-reactive ketones (excluding diaryl/α,β-unsaturated/α-hetero) is 1. The summed E-state index contributed by atoms with van der Waals surface area (Å²) in [6, 6.07) is 23.1. The van der Waals surface area contributed by atoms with Crippen LogP contribution in [0, 0.1) is 0 Å². The van der Waals surface area contributed by atoms with Gasteiger partial charge in [-0.25, -0.2) is 12.6 Å². The molecule has 0 amide bonds. The minimum absolute atomic E-state index is 0.0346. The highest BCUT2D eigenvalue weighted by molar-refractivity contribution is 7.86. The summed E-state index contributed by atoms with van der Waals surface area (Å²) in [5.74, 6) is -0.504. The van der Waals surface area contributed by atoms with E-state index in [1.807, 2.05) is 72.8 Å². The summed E-state index contributed by atoms with van der Waals surface area (Å²) in [6.45, 7) is -0.162. The highest BCUT2D eigenvalue weighted by Gasteiger charge is 2.37. The van der Waals surface area contributed by atoms with Gasteiger partial charge in [-0.1, -0.05) is 72.8 Å². The van der Waals surface area contributed by atoms with Crippen LogP contribution in [0.5, 0.6) is 0 Å². The number of ether oxygens (including phenoxy) is 1. The van der Waals surface area contributed by atoms with Crippen LogP contribution in [-0.4, -0.2) is 55.1 Å². The van der Waals surface area contributed by atoms with Crippen molar-refractivity contribution in [1.82, 2.24) is 9.90 Å². The lowest BCUT2D eigenvalue weighted by atomic mass is 10.0. The molecule has 220 valence electrons. The second kappa shape index (κ2) is 12.9. The van der Waals surface area contributed by atoms with Crippen molar-refractivity contribution in [3.05, 3.63) is 84.6 Å². The van der Waals surface area contributed by atoms with E-state index in [2.05, 4.69) is 5.21 Å². The molecule has 0 N–H and O–H groups in total. The van der Waals surface area contributed by atoms with Crippen molar-refractivity contribution in [3.63, 3.8) is 0 Å². The Bertz CT molecular complexity index is 1730. The molecule has 0 saturated carbocycles. The summed E-state index contributed by atoms with van der Waals surface area (Å²) in [6.07, 6.45) is 1.02. The van der Waals surface area contributed by atoms with Crippen LogP contribution in [0.4, 0.5) is 13.2 Å². The average molecular weight is 616 g/mol. The highest BCUT2D eigenvalue weighted by Crippen LogP contribution is 2.20. The summed E-state index contributed by atoms with van der Waals surface area (Å²) in [7, 11) is -8.23. The van der Waals surface area contributed by atoms with E-state index in [1.165, 1.54) is 4.68 Å². The van der Waals surface area contributed by atoms with Crippen LogP contribution in [0.1, 0.15) is 5.56 Å². The SMILES string of the molecule is Cn1n[n+](COC(OS(C)(=O)=O)C(=O)Cc2ccc3ccccc3c2)cc1-c1ccccc1.O=S(=O)([O-])C(F)(F)F. The van der Waals surface area contributed by atoms with Crippen LogP contribution in [0.15, 0.2) is 79.0 Å². The van der Waals surface area contributed by atoms with E-state index in [9.17, 15) is 26.4 Å². The first-order valence-electron chi connectivity index (χ1n) is 11.5. The van der Waals surface area contributed by atoms with E-state index in [1.54, 1.807) is 17.9 Å². The smallest absolute Gasteiger partial charge is 0.485 e. The first kappa shape index (κ1) is 31.8. The van der Waals surface area contributed by atoms with E-state index in [0.29, 0.717) is 0 Å². The van der Waals surface area contributed by atoms with E-state index in [4.69, 9.17) is 21.9 Å². The second-order valence-corrected chi connectivity index (χ2v) is 11.6. The molecule has 1 heterocycles. The van der Waals surface area contributed by atoms with Crippen molar-refractivity contribution in [2.45, 2.75) is 24.9 Å². The molecule has 41 heavy (non-hydrogen) atoms. The molecule has 0 spiro atoms. The molecule has 0 fully saturated rings. The third-order valence-corrected chi connectivity index (χ3v) is 6.39. The van der Waals surface area contributed by atoms with Gasteiger partial charge >= 0.3 is 5.51 Å². The number of benzene rings is 3. The van der Waals surface area contributed by atoms with Crippen molar-refractivity contribution in [2.24, 2.45) is 7.05 Å². The largest absolute Gasteiger partial charge is 0.741 e. The third kappa shape index (κ3) is 9.43. The second-order valence-electron chi connectivity index (χ2n) is 8.59. The average Bonchev–Trinajstić information content (AvgIpc) is 3.26. The monoisotopic (exact) mass is 615 g/mol. The fourth-order valence-corrected chi connectivity index (χ4v) is 4.00. The van der Waals surface area contributed by atoms with Crippen molar-refractivity contribution in [2.75, 3.05) is 6.26 Å². The fourth-order valence-electron chi connectivity index (χ4n) is 3.51. The molecule has 0 radical (unpaired) electrons. The minimum atomic E-state index is -6.09. The molecule has 3 aromatic carbocycles. The molecule has 1 atom stereocenters. The Morgan fingerprint density at radius 2 is 1.59 bits per heavy atom. The number of aryl methyl sites for hydroxylation is 1. The fraction of sp³-hybridized carbons (Fsp3) is 0.240. The van der Waals surface area contributed by atoms with Crippen LogP contribution in [0.25, 0.3) is 22.0 Å². The Labute approximate surface area is 233 Å². The molecule has 0 aliphatic rings. The van der Waals surface area contributed by atoms with Gasteiger partial charge in [-0.15, -0.1) is 9.36 Å². The molecule has 4 rings (SSSR count). The predicted octanol–water partition coefficient (Wildman–Crippen LogP) is 2.67. The maximum absolute atomic E-state index is 12.9. The van der Waals surface area contributed by atoms with Gasteiger partial charge in [0.15, 0.2) is 27.8 Å². The van der Waals surface area contributed by atoms with Crippen molar-refractivity contribution in [3.8, 4) is 11.3 Å². The number of carbonyl (C=O) groups excluding carboxylic acids is 1. The van der Waals surface area contributed by atoms with Gasteiger partial charge in [0.2, 0.25) is 13.0 Å². The normalized spacial score (nSPS) is 12.9. The molecular weight excluding hydrogens is 591 g/mol. The zero-order valence-electron chi connectivity index (χ0n) is 21.6. The van der Waals surface area contributed by atoms with Gasteiger partial charge in [-0.2, -0.15) is 21.6 Å². The van der Waals surface area contributed by atoms with Gasteiger partial charge in [0.05, 0.1) is 11.5 Å². The molecule has 0 bridgehead atoms. The van der Waals surface area contributed by atoms with Gasteiger partial charge in [-0.3, -0.25) is 4.79 Å². The number of hydrogen-bond donors (Lipinski definition) is 0. The molecule has 1 unspecified atom stereocenters. The third-order valence-electron chi connectivity index (χ3n) is 5.30. The van der Waals surface area contributed by atoms with Gasteiger partial charge in [0.1, 0.15) is 7.05 Å². The lowest BCUT2D eigenvalue weighted by molar-refractivity contribution is -0.788. The Morgan fingerprint density at radius 1 is 1.00 bits per heavy atom. The number of aromatic nitrogens is 3. The van der Waals surface area contributed by atoms with E-state index in [-0.39, 0.29) is 13.2 Å². The lowest BCUT2D eigenvalue weighted by Crippen LogP contribution is -2.42. The number of fused-ring (bicyclic) bond motifs is 1. The van der Waals surface area contributed by atoms with Crippen LogP contribution >= 0.6 is 0 Å². The maximum atomic E-state index is 12.9. The summed E-state index contributed by atoms with van der Waals surface area (Å²) >= 11 is 0. The Morgan fingerprint density at radius 3 is 2.17 bits per heavy atom. The van der Waals surface area contributed by atoms with Crippen LogP contribution in [0.3, 0.4) is 0 Å². The van der Waals surface area contributed by atoms with Crippen molar-refractivity contribution >= 4 is 36.8 Å². The van der Waals surface area contributed by atoms with E-state index < -0.39 is 37.8 Å². The summed E-state index contributed by atoms with van der Waals surface area (Å²) in [5, 5.41) is 6.36. The maximum Gasteiger partial charge on any atom is 0.485 e. The summed E-state index contributed by atoms with van der Waals surface area (Å²) in [4.78, 5) is 12.9. The molecular formula is C25H24F3N3O8S2. The Hall–Kier alpha value is -3.70. The number of hydrogen-bond acceptors (Lipinski definition) is 9. The molecule has 16 heteroatoms. The standard InChI is InChI=1S/C24H24N3O5S.CHF3O3S/c1-26-22(20-9-4-3-5-10-20)16-27(25-26)17-31-24(32-33(2,29)30)23(28)15-18-12-13-19-8-6-7-11-21(19)14-18;2-1(3,4)8(5,6)7/h3-14,16,24H,15,17H2,1-2H3;(H,5,6,7)/q+1;/p-1. The van der Waals surface area contributed by atoms with E-state index >= 15 is 0 Å². The highest BCUT2D eigenvalue weighted by atomic mass is 32.2. The lowest BCUT2D eigenvalue weighted by Gasteiger charge is -2.14. The molecule has 4 aromatic rings. The van der Waals surface area contributed by atoms with Crippen LogP contribution < -0.4 is 4.68 Å². The molecule has 0 aliphatic carbocycles. The topological polar surface area (TPSA) is 149 Å². The van der Waals surface area contributed by atoms with Gasteiger partial charge in [0, 0.05) is 12.0 Å². The van der Waals surface area contributed by atoms with Gasteiger partial charge < -0.3 is 9.29 Å². The van der Waals surface area contributed by atoms with Gasteiger partial charge in [-0.05, 0) is 16.3 Å². The van der Waals surface area contributed by atoms with Gasteiger partial charge in [0.25, 0.3) is 10.1 Å². The number of halogens is 3. The Kier molecular flexibility index (Phi) is 9.98. The Balaban J connectivity index is 0.000000507. The van der Waals surface area contributed by atoms with Crippen molar-refractivity contribution in [1.29, 1.82) is 0 Å². The first-order chi connectivity index (χ1) is 19.0. The zero-order chi connectivity index (χ0) is 30.4.